The molecular formula is C21H18N6O3. The minimum Gasteiger partial charge on any atom is -0.459 e. The smallest absolute Gasteiger partial charge is 0.266 e. The highest BCUT2D eigenvalue weighted by Gasteiger charge is 2.26. The van der Waals surface area contributed by atoms with Gasteiger partial charge in [-0.2, -0.15) is 15.5 Å². The summed E-state index contributed by atoms with van der Waals surface area (Å²) in [7, 11) is 0. The van der Waals surface area contributed by atoms with Crippen molar-refractivity contribution in [3.05, 3.63) is 53.9 Å². The number of benzene rings is 1. The number of carbonyl (C=O) groups excluding carboxylic acids is 1. The summed E-state index contributed by atoms with van der Waals surface area (Å²) in [4.78, 5) is 20.5. The van der Waals surface area contributed by atoms with Gasteiger partial charge in [-0.05, 0) is 24.3 Å². The van der Waals surface area contributed by atoms with Crippen LogP contribution in [0.4, 0.5) is 11.6 Å². The molecule has 9 heteroatoms. The van der Waals surface area contributed by atoms with E-state index in [0.29, 0.717) is 49.1 Å². The number of hydrogen-bond donors (Lipinski definition) is 1. The van der Waals surface area contributed by atoms with Crippen LogP contribution in [0.2, 0.25) is 0 Å². The average Bonchev–Trinajstić information content (AvgIpc) is 3.44. The molecule has 0 unspecified atom stereocenters. The van der Waals surface area contributed by atoms with Crippen molar-refractivity contribution in [2.75, 3.05) is 42.9 Å². The summed E-state index contributed by atoms with van der Waals surface area (Å²) < 4.78 is 11.1. The number of nitriles is 2. The van der Waals surface area contributed by atoms with Gasteiger partial charge in [-0.1, -0.05) is 12.1 Å². The third-order valence-electron chi connectivity index (χ3n) is 4.80. The van der Waals surface area contributed by atoms with Crippen LogP contribution in [0.15, 0.2) is 51.5 Å². The molecule has 0 atom stereocenters. The highest BCUT2D eigenvalue weighted by molar-refractivity contribution is 5.93. The van der Waals surface area contributed by atoms with E-state index in [2.05, 4.69) is 22.4 Å². The van der Waals surface area contributed by atoms with Crippen LogP contribution >= 0.6 is 0 Å². The van der Waals surface area contributed by atoms with Crippen LogP contribution in [0.3, 0.4) is 0 Å². The van der Waals surface area contributed by atoms with Crippen molar-refractivity contribution in [1.82, 2.24) is 9.88 Å². The van der Waals surface area contributed by atoms with Gasteiger partial charge in [-0.15, -0.1) is 0 Å². The second kappa shape index (κ2) is 8.52. The van der Waals surface area contributed by atoms with Gasteiger partial charge in [0.05, 0.1) is 24.1 Å². The Bertz CT molecular complexity index is 1110. The Morgan fingerprint density at radius 3 is 2.60 bits per heavy atom. The first-order valence-corrected chi connectivity index (χ1v) is 9.39. The number of oxazole rings is 1. The molecule has 1 fully saturated rings. The Balaban J connectivity index is 1.36. The summed E-state index contributed by atoms with van der Waals surface area (Å²) in [5.41, 5.74) is 1.15. The third kappa shape index (κ3) is 4.02. The van der Waals surface area contributed by atoms with Crippen molar-refractivity contribution in [1.29, 1.82) is 10.5 Å². The van der Waals surface area contributed by atoms with E-state index in [-0.39, 0.29) is 24.0 Å². The predicted octanol–water partition coefficient (Wildman–Crippen LogP) is 2.44. The molecule has 150 valence electrons. The van der Waals surface area contributed by atoms with Gasteiger partial charge in [-0.3, -0.25) is 9.69 Å². The number of piperazine rings is 1. The maximum atomic E-state index is 12.4. The van der Waals surface area contributed by atoms with Crippen LogP contribution in [-0.2, 0) is 4.79 Å². The predicted molar refractivity (Wildman–Crippen MR) is 107 cm³/mol. The van der Waals surface area contributed by atoms with Crippen molar-refractivity contribution in [3.63, 3.8) is 0 Å². The maximum absolute atomic E-state index is 12.4. The minimum absolute atomic E-state index is 0.177. The van der Waals surface area contributed by atoms with Gasteiger partial charge in [0.25, 0.3) is 5.89 Å². The van der Waals surface area contributed by atoms with Crippen molar-refractivity contribution in [3.8, 4) is 23.8 Å². The zero-order chi connectivity index (χ0) is 20.9. The van der Waals surface area contributed by atoms with E-state index in [0.717, 1.165) is 0 Å². The van der Waals surface area contributed by atoms with Crippen molar-refractivity contribution < 1.29 is 13.6 Å². The van der Waals surface area contributed by atoms with E-state index in [9.17, 15) is 10.1 Å². The van der Waals surface area contributed by atoms with Crippen molar-refractivity contribution >= 4 is 17.5 Å². The monoisotopic (exact) mass is 402 g/mol. The number of nitrogens with one attached hydrogen (secondary N) is 1. The normalized spacial score (nSPS) is 14.1. The van der Waals surface area contributed by atoms with Gasteiger partial charge < -0.3 is 19.1 Å². The van der Waals surface area contributed by atoms with Crippen LogP contribution in [-0.4, -0.2) is 48.5 Å². The quantitative estimate of drug-likeness (QED) is 0.690. The fourth-order valence-electron chi connectivity index (χ4n) is 3.30. The molecule has 3 heterocycles. The molecular weight excluding hydrogens is 384 g/mol. The van der Waals surface area contributed by atoms with Crippen LogP contribution in [0.25, 0.3) is 11.7 Å². The van der Waals surface area contributed by atoms with Gasteiger partial charge in [0, 0.05) is 26.2 Å². The Kier molecular flexibility index (Phi) is 5.46. The van der Waals surface area contributed by atoms with Gasteiger partial charge in [0.2, 0.25) is 17.5 Å². The second-order valence-corrected chi connectivity index (χ2v) is 6.73. The molecule has 3 aromatic rings. The van der Waals surface area contributed by atoms with Crippen molar-refractivity contribution in [2.24, 2.45) is 0 Å². The first-order chi connectivity index (χ1) is 14.7. The van der Waals surface area contributed by atoms with Crippen LogP contribution < -0.4 is 10.2 Å². The fraction of sp³-hybridized carbons (Fsp3) is 0.238. The first-order valence-electron chi connectivity index (χ1n) is 9.39. The van der Waals surface area contributed by atoms with E-state index in [1.165, 1.54) is 6.26 Å². The highest BCUT2D eigenvalue weighted by Crippen LogP contribution is 2.29. The lowest BCUT2D eigenvalue weighted by Gasteiger charge is -2.34. The van der Waals surface area contributed by atoms with Gasteiger partial charge >= 0.3 is 0 Å². The molecule has 2 aromatic heterocycles. The number of hydrogen-bond acceptors (Lipinski definition) is 8. The molecule has 1 saturated heterocycles. The third-order valence-corrected chi connectivity index (χ3v) is 4.80. The lowest BCUT2D eigenvalue weighted by molar-refractivity contribution is -0.117. The van der Waals surface area contributed by atoms with Gasteiger partial charge in [-0.25, -0.2) is 0 Å². The molecule has 0 aliphatic carbocycles. The number of para-hydroxylation sites is 1. The highest BCUT2D eigenvalue weighted by atomic mass is 16.4. The number of rotatable bonds is 5. The number of anilines is 2. The van der Waals surface area contributed by atoms with Gasteiger partial charge in [0.15, 0.2) is 5.76 Å². The zero-order valence-corrected chi connectivity index (χ0v) is 16.0. The van der Waals surface area contributed by atoms with Crippen molar-refractivity contribution in [2.45, 2.75) is 0 Å². The largest absolute Gasteiger partial charge is 0.459 e. The number of amides is 1. The molecule has 9 nitrogen and oxygen atoms in total. The first kappa shape index (κ1) is 19.2. The van der Waals surface area contributed by atoms with E-state index in [1.807, 2.05) is 9.80 Å². The standard InChI is InChI=1S/C21H18N6O3/c22-12-15-4-1-2-5-16(15)24-19(28)14-26-7-9-27(10-8-26)21-17(13-23)25-20(30-21)18-6-3-11-29-18/h1-6,11H,7-10,14H2,(H,24,28). The fourth-order valence-corrected chi connectivity index (χ4v) is 3.30. The Hall–Kier alpha value is -4.08. The molecule has 0 radical (unpaired) electrons. The molecule has 0 spiro atoms. The SMILES string of the molecule is N#Cc1ccccc1NC(=O)CN1CCN(c2oc(-c3ccco3)nc2C#N)CC1. The number of aromatic nitrogens is 1. The average molecular weight is 402 g/mol. The Labute approximate surface area is 172 Å². The molecule has 1 amide bonds. The minimum atomic E-state index is -0.177. The topological polar surface area (TPSA) is 122 Å². The van der Waals surface area contributed by atoms with Crippen LogP contribution in [0.5, 0.6) is 0 Å². The molecule has 0 saturated carbocycles. The number of furan rings is 1. The molecule has 1 aromatic carbocycles. The Morgan fingerprint density at radius 1 is 1.10 bits per heavy atom. The molecule has 30 heavy (non-hydrogen) atoms. The summed E-state index contributed by atoms with van der Waals surface area (Å²) in [6.45, 7) is 2.63. The molecule has 1 aliphatic heterocycles. The summed E-state index contributed by atoms with van der Waals surface area (Å²) in [5.74, 6) is 0.967. The number of nitrogens with zero attached hydrogens (tertiary/aromatic N) is 5. The van der Waals surface area contributed by atoms with E-state index >= 15 is 0 Å². The molecule has 1 aliphatic rings. The summed E-state index contributed by atoms with van der Waals surface area (Å²) >= 11 is 0. The summed E-state index contributed by atoms with van der Waals surface area (Å²) in [6, 6.07) is 14.5. The zero-order valence-electron chi connectivity index (χ0n) is 16.0. The summed E-state index contributed by atoms with van der Waals surface area (Å²) in [5, 5.41) is 21.3. The second-order valence-electron chi connectivity index (χ2n) is 6.73. The van der Waals surface area contributed by atoms with E-state index in [1.54, 1.807) is 36.4 Å². The van der Waals surface area contributed by atoms with Crippen LogP contribution in [0.1, 0.15) is 11.3 Å². The number of carbonyl (C=O) groups is 1. The van der Waals surface area contributed by atoms with Gasteiger partial charge in [0.1, 0.15) is 12.1 Å². The lowest BCUT2D eigenvalue weighted by atomic mass is 10.2. The van der Waals surface area contributed by atoms with E-state index in [4.69, 9.17) is 14.1 Å². The molecule has 1 N–H and O–H groups in total. The molecule has 4 rings (SSSR count). The van der Waals surface area contributed by atoms with Crippen LogP contribution in [0, 0.1) is 22.7 Å². The summed E-state index contributed by atoms with van der Waals surface area (Å²) in [6.07, 6.45) is 1.52. The molecule has 0 bridgehead atoms. The lowest BCUT2D eigenvalue weighted by Crippen LogP contribution is -2.48. The van der Waals surface area contributed by atoms with E-state index < -0.39 is 0 Å². The maximum Gasteiger partial charge on any atom is 0.266 e. The Morgan fingerprint density at radius 2 is 1.90 bits per heavy atom.